The summed E-state index contributed by atoms with van der Waals surface area (Å²) in [7, 11) is 0. The summed E-state index contributed by atoms with van der Waals surface area (Å²) in [5.41, 5.74) is -0.319. The van der Waals surface area contributed by atoms with Gasteiger partial charge in [0.2, 0.25) is 0 Å². The zero-order valence-electron chi connectivity index (χ0n) is 6.03. The Morgan fingerprint density at radius 2 is 2.45 bits per heavy atom. The first kappa shape index (κ1) is 7.91. The molecular formula is C7H9FN2O. The summed E-state index contributed by atoms with van der Waals surface area (Å²) < 4.78 is 13.1. The molecule has 0 aliphatic carbocycles. The maximum atomic E-state index is 11.7. The van der Waals surface area contributed by atoms with Gasteiger partial charge in [0.05, 0.1) is 6.67 Å². The molecule has 0 fully saturated rings. The third-order valence-corrected chi connectivity index (χ3v) is 1.32. The average molecular weight is 156 g/mol. The fraction of sp³-hybridized carbons (Fsp3) is 0.429. The highest BCUT2D eigenvalue weighted by atomic mass is 19.1. The number of aryl methyl sites for hydroxylation is 1. The van der Waals surface area contributed by atoms with Crippen molar-refractivity contribution in [2.45, 2.75) is 13.0 Å². The lowest BCUT2D eigenvalue weighted by atomic mass is 10.4. The lowest BCUT2D eigenvalue weighted by Gasteiger charge is -1.99. The van der Waals surface area contributed by atoms with Crippen molar-refractivity contribution in [1.82, 2.24) is 9.55 Å². The number of alkyl halides is 1. The molecule has 3 nitrogen and oxygen atoms in total. The van der Waals surface area contributed by atoms with E-state index in [1.54, 1.807) is 12.3 Å². The zero-order chi connectivity index (χ0) is 8.10. The van der Waals surface area contributed by atoms with E-state index in [1.807, 2.05) is 0 Å². The Hall–Kier alpha value is -1.19. The van der Waals surface area contributed by atoms with E-state index in [9.17, 15) is 9.18 Å². The second-order valence-electron chi connectivity index (χ2n) is 2.14. The fourth-order valence-electron chi connectivity index (χ4n) is 0.787. The van der Waals surface area contributed by atoms with Crippen LogP contribution in [0.15, 0.2) is 23.3 Å². The van der Waals surface area contributed by atoms with Gasteiger partial charge >= 0.3 is 5.69 Å². The van der Waals surface area contributed by atoms with Crippen LogP contribution in [0.1, 0.15) is 6.42 Å². The summed E-state index contributed by atoms with van der Waals surface area (Å²) in [5.74, 6) is 0. The largest absolute Gasteiger partial charge is 0.347 e. The number of hydrogen-bond acceptors (Lipinski definition) is 2. The molecule has 1 aromatic rings. The predicted octanol–water partition coefficient (Wildman–Crippen LogP) is 0.603. The minimum atomic E-state index is -0.401. The summed E-state index contributed by atoms with van der Waals surface area (Å²) in [6.45, 7) is 0.00447. The molecule has 0 amide bonds. The Morgan fingerprint density at radius 3 is 3.09 bits per heavy atom. The molecule has 4 heteroatoms. The van der Waals surface area contributed by atoms with E-state index in [2.05, 4.69) is 4.98 Å². The van der Waals surface area contributed by atoms with Crippen LogP contribution in [0, 0.1) is 0 Å². The van der Waals surface area contributed by atoms with Gasteiger partial charge < -0.3 is 0 Å². The predicted molar refractivity (Wildman–Crippen MR) is 39.1 cm³/mol. The van der Waals surface area contributed by atoms with Crippen molar-refractivity contribution in [2.24, 2.45) is 0 Å². The first-order valence-corrected chi connectivity index (χ1v) is 3.42. The molecule has 1 heterocycles. The smallest absolute Gasteiger partial charge is 0.299 e. The summed E-state index contributed by atoms with van der Waals surface area (Å²) in [5, 5.41) is 0. The second kappa shape index (κ2) is 3.85. The van der Waals surface area contributed by atoms with Gasteiger partial charge in [0, 0.05) is 18.9 Å². The summed E-state index contributed by atoms with van der Waals surface area (Å²) >= 11 is 0. The maximum Gasteiger partial charge on any atom is 0.347 e. The molecule has 0 aromatic carbocycles. The highest BCUT2D eigenvalue weighted by Crippen LogP contribution is 1.85. The number of rotatable bonds is 3. The van der Waals surface area contributed by atoms with E-state index in [-0.39, 0.29) is 5.69 Å². The van der Waals surface area contributed by atoms with Crippen LogP contribution in [0.2, 0.25) is 0 Å². The number of hydrogen-bond donors (Lipinski definition) is 0. The molecule has 0 saturated carbocycles. The topological polar surface area (TPSA) is 34.9 Å². The van der Waals surface area contributed by atoms with Gasteiger partial charge in [-0.15, -0.1) is 0 Å². The van der Waals surface area contributed by atoms with E-state index in [1.165, 1.54) is 10.8 Å². The number of aromatic nitrogens is 2. The Kier molecular flexibility index (Phi) is 2.77. The quantitative estimate of drug-likeness (QED) is 0.642. The van der Waals surface area contributed by atoms with Gasteiger partial charge in [-0.3, -0.25) is 8.96 Å². The first-order valence-electron chi connectivity index (χ1n) is 3.42. The highest BCUT2D eigenvalue weighted by molar-refractivity contribution is 4.80. The minimum absolute atomic E-state index is 0.319. The Balaban J connectivity index is 2.70. The molecule has 11 heavy (non-hydrogen) atoms. The third kappa shape index (κ3) is 2.14. The van der Waals surface area contributed by atoms with E-state index < -0.39 is 6.67 Å². The van der Waals surface area contributed by atoms with Gasteiger partial charge in [-0.1, -0.05) is 0 Å². The monoisotopic (exact) mass is 156 g/mol. The third-order valence-electron chi connectivity index (χ3n) is 1.32. The summed E-state index contributed by atoms with van der Waals surface area (Å²) in [6.07, 6.45) is 3.39. The highest BCUT2D eigenvalue weighted by Gasteiger charge is 1.92. The van der Waals surface area contributed by atoms with Crippen LogP contribution < -0.4 is 5.69 Å². The number of halogens is 1. The summed E-state index contributed by atoms with van der Waals surface area (Å²) in [6, 6.07) is 1.65. The Labute approximate surface area is 63.5 Å². The maximum absolute atomic E-state index is 11.7. The van der Waals surface area contributed by atoms with E-state index in [4.69, 9.17) is 0 Å². The normalized spacial score (nSPS) is 9.91. The van der Waals surface area contributed by atoms with Crippen LogP contribution in [0.5, 0.6) is 0 Å². The van der Waals surface area contributed by atoms with Crippen molar-refractivity contribution in [3.63, 3.8) is 0 Å². The Morgan fingerprint density at radius 1 is 1.64 bits per heavy atom. The zero-order valence-corrected chi connectivity index (χ0v) is 6.03. The van der Waals surface area contributed by atoms with Crippen molar-refractivity contribution in [3.05, 3.63) is 28.9 Å². The van der Waals surface area contributed by atoms with Gasteiger partial charge in [0.15, 0.2) is 0 Å². The molecule has 1 aromatic heterocycles. The van der Waals surface area contributed by atoms with Crippen LogP contribution in [0.25, 0.3) is 0 Å². The van der Waals surface area contributed by atoms with E-state index >= 15 is 0 Å². The number of nitrogens with zero attached hydrogens (tertiary/aromatic N) is 2. The molecule has 0 aliphatic rings. The van der Waals surface area contributed by atoms with Crippen molar-refractivity contribution >= 4 is 0 Å². The standard InChI is InChI=1S/C7H9FN2O/c8-3-1-5-10-6-2-4-9-7(10)11/h2,4,6H,1,3,5H2. The molecule has 0 unspecified atom stereocenters. The lowest BCUT2D eigenvalue weighted by molar-refractivity contribution is 0.441. The SMILES string of the molecule is O=c1ncccn1CCCF. The first-order chi connectivity index (χ1) is 5.34. The van der Waals surface area contributed by atoms with Crippen LogP contribution in [-0.2, 0) is 6.54 Å². The molecule has 0 aliphatic heterocycles. The average Bonchev–Trinajstić information content (AvgIpc) is 2.03. The van der Waals surface area contributed by atoms with E-state index in [0.717, 1.165) is 0 Å². The molecule has 0 radical (unpaired) electrons. The van der Waals surface area contributed by atoms with Crippen LogP contribution in [0.4, 0.5) is 4.39 Å². The lowest BCUT2D eigenvalue weighted by Crippen LogP contribution is -2.21. The Bertz CT molecular complexity index is 271. The molecule has 0 bridgehead atoms. The van der Waals surface area contributed by atoms with Gasteiger partial charge in [0.1, 0.15) is 0 Å². The van der Waals surface area contributed by atoms with Crippen molar-refractivity contribution < 1.29 is 4.39 Å². The molecule has 1 rings (SSSR count). The molecule has 0 saturated heterocycles. The van der Waals surface area contributed by atoms with Crippen LogP contribution in [0.3, 0.4) is 0 Å². The molecule has 0 spiro atoms. The van der Waals surface area contributed by atoms with Crippen molar-refractivity contribution in [2.75, 3.05) is 6.67 Å². The second-order valence-corrected chi connectivity index (χ2v) is 2.14. The van der Waals surface area contributed by atoms with Crippen LogP contribution in [-0.4, -0.2) is 16.2 Å². The van der Waals surface area contributed by atoms with E-state index in [0.29, 0.717) is 13.0 Å². The molecule has 0 N–H and O–H groups in total. The fourth-order valence-corrected chi connectivity index (χ4v) is 0.787. The van der Waals surface area contributed by atoms with Gasteiger partial charge in [0.25, 0.3) is 0 Å². The van der Waals surface area contributed by atoms with Gasteiger partial charge in [-0.25, -0.2) is 9.78 Å². The van der Waals surface area contributed by atoms with Crippen molar-refractivity contribution in [3.8, 4) is 0 Å². The molecular weight excluding hydrogens is 147 g/mol. The van der Waals surface area contributed by atoms with Gasteiger partial charge in [-0.05, 0) is 12.5 Å². The minimum Gasteiger partial charge on any atom is -0.299 e. The van der Waals surface area contributed by atoms with Crippen LogP contribution >= 0.6 is 0 Å². The van der Waals surface area contributed by atoms with Crippen molar-refractivity contribution in [1.29, 1.82) is 0 Å². The molecule has 60 valence electrons. The van der Waals surface area contributed by atoms with Gasteiger partial charge in [-0.2, -0.15) is 0 Å². The summed E-state index contributed by atoms with van der Waals surface area (Å²) in [4.78, 5) is 14.4. The molecule has 0 atom stereocenters.